The van der Waals surface area contributed by atoms with Gasteiger partial charge < -0.3 is 15.8 Å². The summed E-state index contributed by atoms with van der Waals surface area (Å²) in [6, 6.07) is 13.4. The molecule has 3 N–H and O–H groups in total. The largest absolute Gasteiger partial charge is 0.494 e. The Morgan fingerprint density at radius 2 is 1.87 bits per heavy atom. The number of benzene rings is 2. The van der Waals surface area contributed by atoms with Gasteiger partial charge in [0.2, 0.25) is 5.91 Å². The molecule has 0 unspecified atom stereocenters. The average molecular weight is 316 g/mol. The molecular formula is C18H21FN2O2. The zero-order chi connectivity index (χ0) is 16.5. The highest BCUT2D eigenvalue weighted by Gasteiger charge is 2.04. The smallest absolute Gasteiger partial charge is 0.220 e. The number of nitrogens with two attached hydrogens (primary N) is 1. The molecular weight excluding hydrogens is 295 g/mol. The molecule has 0 aliphatic rings. The van der Waals surface area contributed by atoms with E-state index in [1.165, 1.54) is 12.1 Å². The minimum absolute atomic E-state index is 0.00460. The van der Waals surface area contributed by atoms with Gasteiger partial charge in [0.05, 0.1) is 6.61 Å². The number of anilines is 1. The summed E-state index contributed by atoms with van der Waals surface area (Å²) in [6.45, 7) is 1.02. The van der Waals surface area contributed by atoms with Crippen molar-refractivity contribution in [3.63, 3.8) is 0 Å². The summed E-state index contributed by atoms with van der Waals surface area (Å²) in [6.07, 6.45) is 1.73. The van der Waals surface area contributed by atoms with Crippen LogP contribution < -0.4 is 15.8 Å². The Morgan fingerprint density at radius 3 is 2.61 bits per heavy atom. The van der Waals surface area contributed by atoms with Gasteiger partial charge in [-0.25, -0.2) is 4.39 Å². The van der Waals surface area contributed by atoms with Crippen molar-refractivity contribution in [1.82, 2.24) is 5.32 Å². The van der Waals surface area contributed by atoms with Crippen molar-refractivity contribution in [2.75, 3.05) is 18.9 Å². The second-order valence-electron chi connectivity index (χ2n) is 5.20. The predicted molar refractivity (Wildman–Crippen MR) is 88.7 cm³/mol. The van der Waals surface area contributed by atoms with Crippen LogP contribution in [0.2, 0.25) is 0 Å². The van der Waals surface area contributed by atoms with Crippen LogP contribution in [0.15, 0.2) is 48.5 Å². The number of hydrogen-bond donors (Lipinski definition) is 2. The van der Waals surface area contributed by atoms with Gasteiger partial charge in [-0.1, -0.05) is 18.2 Å². The molecule has 0 saturated carbocycles. The maximum atomic E-state index is 12.7. The van der Waals surface area contributed by atoms with E-state index in [9.17, 15) is 9.18 Å². The van der Waals surface area contributed by atoms with Gasteiger partial charge in [-0.15, -0.1) is 0 Å². The number of hydrogen-bond acceptors (Lipinski definition) is 3. The lowest BCUT2D eigenvalue weighted by atomic mass is 10.1. The predicted octanol–water partition coefficient (Wildman–Crippen LogP) is 2.93. The van der Waals surface area contributed by atoms with E-state index in [2.05, 4.69) is 5.32 Å². The van der Waals surface area contributed by atoms with Crippen LogP contribution in [0.3, 0.4) is 0 Å². The van der Waals surface area contributed by atoms with Crippen LogP contribution in [0.5, 0.6) is 5.75 Å². The van der Waals surface area contributed by atoms with E-state index < -0.39 is 0 Å². The first-order valence-corrected chi connectivity index (χ1v) is 7.63. The molecule has 2 aromatic rings. The van der Waals surface area contributed by atoms with Crippen molar-refractivity contribution in [2.45, 2.75) is 19.3 Å². The quantitative estimate of drug-likeness (QED) is 0.581. The highest BCUT2D eigenvalue weighted by molar-refractivity contribution is 5.76. The summed E-state index contributed by atoms with van der Waals surface area (Å²) in [7, 11) is 0. The molecule has 0 spiro atoms. The number of para-hydroxylation sites is 1. The van der Waals surface area contributed by atoms with E-state index in [0.717, 1.165) is 5.56 Å². The van der Waals surface area contributed by atoms with Gasteiger partial charge in [-0.05, 0) is 48.7 Å². The number of carbonyl (C=O) groups excluding carboxylic acids is 1. The van der Waals surface area contributed by atoms with Gasteiger partial charge in [-0.3, -0.25) is 4.79 Å². The Labute approximate surface area is 135 Å². The van der Waals surface area contributed by atoms with Gasteiger partial charge in [0.1, 0.15) is 11.6 Å². The summed E-state index contributed by atoms with van der Waals surface area (Å²) in [5.74, 6) is 0.330. The maximum absolute atomic E-state index is 12.7. The summed E-state index contributed by atoms with van der Waals surface area (Å²) in [5, 5.41) is 2.85. The molecule has 0 fully saturated rings. The van der Waals surface area contributed by atoms with Crippen LogP contribution in [0.25, 0.3) is 0 Å². The van der Waals surface area contributed by atoms with Crippen molar-refractivity contribution >= 4 is 11.6 Å². The Morgan fingerprint density at radius 1 is 1.13 bits per heavy atom. The molecule has 0 aliphatic carbocycles. The fourth-order valence-corrected chi connectivity index (χ4v) is 2.12. The molecule has 0 aromatic heterocycles. The second kappa shape index (κ2) is 8.78. The minimum Gasteiger partial charge on any atom is -0.494 e. The molecule has 4 nitrogen and oxygen atoms in total. The van der Waals surface area contributed by atoms with Crippen molar-refractivity contribution in [2.24, 2.45) is 0 Å². The highest BCUT2D eigenvalue weighted by atomic mass is 19.1. The number of carbonyl (C=O) groups is 1. The van der Waals surface area contributed by atoms with Crippen molar-refractivity contribution < 1.29 is 13.9 Å². The van der Waals surface area contributed by atoms with Crippen molar-refractivity contribution in [3.8, 4) is 5.75 Å². The Kier molecular flexibility index (Phi) is 6.41. The third-order valence-electron chi connectivity index (χ3n) is 3.40. The molecule has 0 atom stereocenters. The van der Waals surface area contributed by atoms with E-state index in [1.807, 2.05) is 24.3 Å². The first-order valence-electron chi connectivity index (χ1n) is 7.63. The maximum Gasteiger partial charge on any atom is 0.220 e. The van der Waals surface area contributed by atoms with Crippen LogP contribution >= 0.6 is 0 Å². The Hall–Kier alpha value is -2.56. The van der Waals surface area contributed by atoms with Crippen LogP contribution in [0.1, 0.15) is 18.4 Å². The monoisotopic (exact) mass is 316 g/mol. The van der Waals surface area contributed by atoms with Crippen LogP contribution in [-0.4, -0.2) is 19.1 Å². The van der Waals surface area contributed by atoms with Crippen LogP contribution in [0, 0.1) is 5.82 Å². The molecule has 2 aromatic carbocycles. The number of nitrogen functional groups attached to an aromatic ring is 1. The lowest BCUT2D eigenvalue weighted by Crippen LogP contribution is -2.25. The van der Waals surface area contributed by atoms with Crippen molar-refractivity contribution in [1.29, 1.82) is 0 Å². The molecule has 2 rings (SSSR count). The van der Waals surface area contributed by atoms with Gasteiger partial charge in [0.25, 0.3) is 0 Å². The minimum atomic E-state index is -0.288. The number of ether oxygens (including phenoxy) is 1. The number of nitrogens with one attached hydrogen (secondary N) is 1. The zero-order valence-electron chi connectivity index (χ0n) is 12.9. The fraction of sp³-hybridized carbons (Fsp3) is 0.278. The summed E-state index contributed by atoms with van der Waals surface area (Å²) < 4.78 is 18.2. The molecule has 0 radical (unpaired) electrons. The lowest BCUT2D eigenvalue weighted by Gasteiger charge is -2.08. The molecule has 0 heterocycles. The van der Waals surface area contributed by atoms with E-state index in [0.29, 0.717) is 43.9 Å². The third kappa shape index (κ3) is 5.98. The first-order chi connectivity index (χ1) is 11.1. The topological polar surface area (TPSA) is 64.4 Å². The van der Waals surface area contributed by atoms with Gasteiger partial charge >= 0.3 is 0 Å². The lowest BCUT2D eigenvalue weighted by molar-refractivity contribution is -0.121. The van der Waals surface area contributed by atoms with E-state index in [1.54, 1.807) is 12.1 Å². The van der Waals surface area contributed by atoms with E-state index in [-0.39, 0.29) is 11.7 Å². The molecule has 0 saturated heterocycles. The molecule has 0 bridgehead atoms. The normalized spacial score (nSPS) is 10.3. The summed E-state index contributed by atoms with van der Waals surface area (Å²) in [5.41, 5.74) is 7.54. The SMILES string of the molecule is Nc1ccccc1CCC(=O)NCCCOc1ccc(F)cc1. The van der Waals surface area contributed by atoms with E-state index in [4.69, 9.17) is 10.5 Å². The molecule has 1 amide bonds. The third-order valence-corrected chi connectivity index (χ3v) is 3.40. The summed E-state index contributed by atoms with van der Waals surface area (Å²) in [4.78, 5) is 11.8. The number of halogens is 1. The van der Waals surface area contributed by atoms with Crippen LogP contribution in [-0.2, 0) is 11.2 Å². The highest BCUT2D eigenvalue weighted by Crippen LogP contribution is 2.12. The Balaban J connectivity index is 1.58. The molecule has 122 valence electrons. The molecule has 0 aliphatic heterocycles. The zero-order valence-corrected chi connectivity index (χ0v) is 12.9. The molecule has 5 heteroatoms. The molecule has 23 heavy (non-hydrogen) atoms. The number of rotatable bonds is 8. The fourth-order valence-electron chi connectivity index (χ4n) is 2.12. The van der Waals surface area contributed by atoms with Crippen LogP contribution in [0.4, 0.5) is 10.1 Å². The first kappa shape index (κ1) is 16.8. The van der Waals surface area contributed by atoms with Gasteiger partial charge in [0, 0.05) is 18.7 Å². The number of aryl methyl sites for hydroxylation is 1. The summed E-state index contributed by atoms with van der Waals surface area (Å²) >= 11 is 0. The van der Waals surface area contributed by atoms with Gasteiger partial charge in [-0.2, -0.15) is 0 Å². The Bertz CT molecular complexity index is 629. The standard InChI is InChI=1S/C18H21FN2O2/c19-15-7-9-16(10-8-15)23-13-3-12-21-18(22)11-6-14-4-1-2-5-17(14)20/h1-2,4-5,7-10H,3,6,11-13,20H2,(H,21,22). The second-order valence-corrected chi connectivity index (χ2v) is 5.20. The van der Waals surface area contributed by atoms with Crippen molar-refractivity contribution in [3.05, 3.63) is 59.9 Å². The average Bonchev–Trinajstić information content (AvgIpc) is 2.55. The van der Waals surface area contributed by atoms with E-state index >= 15 is 0 Å². The van der Waals surface area contributed by atoms with Gasteiger partial charge in [0.15, 0.2) is 0 Å². The number of amides is 1.